The van der Waals surface area contributed by atoms with Gasteiger partial charge in [-0.3, -0.25) is 19.3 Å². The van der Waals surface area contributed by atoms with Gasteiger partial charge in [0.25, 0.3) is 0 Å². The first kappa shape index (κ1) is 34.0. The monoisotopic (exact) mass is 565 g/mol. The second-order valence-corrected chi connectivity index (χ2v) is 12.9. The standard InChI is InChI=1S/C30H55N5O5/c1-11-30(12-2,31-8)28(39)32-24(29(5,6)7)26(37)33(9)23(20(3)4)19-34-17-13-15-21(34)25(36)35-18-14-16-22(35)27(38)40-10/h20-24,31H,11-19H2,1-10H3,(H,32,39)/t21?,22-,23+,24+/m0/s1. The Morgan fingerprint density at radius 2 is 1.57 bits per heavy atom. The Morgan fingerprint density at radius 3 is 2.08 bits per heavy atom. The van der Waals surface area contributed by atoms with Crippen LogP contribution < -0.4 is 10.6 Å². The van der Waals surface area contributed by atoms with Crippen molar-refractivity contribution in [3.8, 4) is 0 Å². The highest BCUT2D eigenvalue weighted by Gasteiger charge is 2.44. The van der Waals surface area contributed by atoms with Crippen molar-refractivity contribution in [2.45, 2.75) is 117 Å². The Morgan fingerprint density at radius 1 is 1.00 bits per heavy atom. The van der Waals surface area contributed by atoms with Crippen LogP contribution in [0.3, 0.4) is 0 Å². The van der Waals surface area contributed by atoms with Crippen LogP contribution in [0, 0.1) is 11.3 Å². The Bertz CT molecular complexity index is 889. The number of esters is 1. The minimum atomic E-state index is -0.736. The fraction of sp³-hybridized carbons (Fsp3) is 0.867. The molecule has 0 aromatic rings. The molecule has 1 unspecified atom stereocenters. The third-order valence-electron chi connectivity index (χ3n) is 9.20. The minimum Gasteiger partial charge on any atom is -0.467 e. The first-order valence-corrected chi connectivity index (χ1v) is 15.1. The van der Waals surface area contributed by atoms with E-state index >= 15 is 0 Å². The van der Waals surface area contributed by atoms with Gasteiger partial charge in [0.05, 0.1) is 18.7 Å². The molecule has 2 heterocycles. The summed E-state index contributed by atoms with van der Waals surface area (Å²) in [6.07, 6.45) is 4.25. The molecule has 0 saturated carbocycles. The summed E-state index contributed by atoms with van der Waals surface area (Å²) in [4.78, 5) is 59.0. The molecule has 2 aliphatic heterocycles. The van der Waals surface area contributed by atoms with Gasteiger partial charge >= 0.3 is 5.97 Å². The van der Waals surface area contributed by atoms with Crippen molar-refractivity contribution in [1.29, 1.82) is 0 Å². The number of carbonyl (C=O) groups is 4. The van der Waals surface area contributed by atoms with E-state index in [1.54, 1.807) is 16.8 Å². The lowest BCUT2D eigenvalue weighted by Gasteiger charge is -2.42. The zero-order valence-corrected chi connectivity index (χ0v) is 26.6. The summed E-state index contributed by atoms with van der Waals surface area (Å²) in [6, 6.07) is -1.71. The number of rotatable bonds is 12. The molecule has 10 heteroatoms. The summed E-state index contributed by atoms with van der Waals surface area (Å²) in [5.41, 5.74) is -1.24. The molecule has 2 rings (SSSR count). The fourth-order valence-electron chi connectivity index (χ4n) is 6.27. The van der Waals surface area contributed by atoms with Crippen LogP contribution in [0.25, 0.3) is 0 Å². The number of ether oxygens (including phenoxy) is 1. The van der Waals surface area contributed by atoms with E-state index in [4.69, 9.17) is 4.74 Å². The number of hydrogen-bond donors (Lipinski definition) is 2. The molecule has 230 valence electrons. The van der Waals surface area contributed by atoms with Gasteiger partial charge in [-0.25, -0.2) is 4.79 Å². The molecule has 0 aromatic heterocycles. The van der Waals surface area contributed by atoms with Crippen molar-refractivity contribution < 1.29 is 23.9 Å². The predicted molar refractivity (Wildman–Crippen MR) is 157 cm³/mol. The fourth-order valence-corrected chi connectivity index (χ4v) is 6.27. The van der Waals surface area contributed by atoms with Gasteiger partial charge in [0, 0.05) is 26.2 Å². The minimum absolute atomic E-state index is 0.0238. The number of nitrogens with zero attached hydrogens (tertiary/aromatic N) is 3. The van der Waals surface area contributed by atoms with Crippen LogP contribution >= 0.6 is 0 Å². The molecule has 2 aliphatic rings. The molecule has 0 aliphatic carbocycles. The Kier molecular flexibility index (Phi) is 12.0. The Hall–Kier alpha value is -2.20. The van der Waals surface area contributed by atoms with Crippen LogP contribution in [-0.4, -0.2) is 109 Å². The van der Waals surface area contributed by atoms with Gasteiger partial charge in [-0.15, -0.1) is 0 Å². The molecule has 4 atom stereocenters. The third kappa shape index (κ3) is 7.35. The molecule has 40 heavy (non-hydrogen) atoms. The summed E-state index contributed by atoms with van der Waals surface area (Å²) >= 11 is 0. The zero-order chi connectivity index (χ0) is 30.4. The molecule has 2 N–H and O–H groups in total. The average molecular weight is 566 g/mol. The number of carbonyl (C=O) groups excluding carboxylic acids is 4. The molecule has 2 fully saturated rings. The third-order valence-corrected chi connectivity index (χ3v) is 9.20. The summed E-state index contributed by atoms with van der Waals surface area (Å²) in [6.45, 7) is 15.9. The molecular weight excluding hydrogens is 510 g/mol. The largest absolute Gasteiger partial charge is 0.467 e. The van der Waals surface area contributed by atoms with Crippen LogP contribution in [0.15, 0.2) is 0 Å². The summed E-state index contributed by atoms with van der Waals surface area (Å²) in [5, 5.41) is 6.27. The lowest BCUT2D eigenvalue weighted by molar-refractivity contribution is -0.152. The van der Waals surface area contributed by atoms with Gasteiger partial charge in [-0.1, -0.05) is 48.5 Å². The van der Waals surface area contributed by atoms with Gasteiger partial charge < -0.3 is 25.2 Å². The second-order valence-electron chi connectivity index (χ2n) is 12.9. The number of hydrogen-bond acceptors (Lipinski definition) is 7. The van der Waals surface area contributed by atoms with E-state index in [2.05, 4.69) is 29.4 Å². The number of likely N-dealkylation sites (N-methyl/N-ethyl adjacent to an activating group) is 2. The topological polar surface area (TPSA) is 111 Å². The second kappa shape index (κ2) is 14.1. The van der Waals surface area contributed by atoms with Gasteiger partial charge in [0.2, 0.25) is 17.7 Å². The van der Waals surface area contributed by atoms with Crippen molar-refractivity contribution in [3.05, 3.63) is 0 Å². The van der Waals surface area contributed by atoms with Crippen LogP contribution in [0.5, 0.6) is 0 Å². The summed E-state index contributed by atoms with van der Waals surface area (Å²) in [5.74, 6) is -0.560. The van der Waals surface area contributed by atoms with Crippen LogP contribution in [0.4, 0.5) is 0 Å². The van der Waals surface area contributed by atoms with Crippen molar-refractivity contribution in [2.75, 3.05) is 40.8 Å². The predicted octanol–water partition coefficient (Wildman–Crippen LogP) is 2.41. The lowest BCUT2D eigenvalue weighted by Crippen LogP contribution is -2.63. The molecule has 2 saturated heterocycles. The van der Waals surface area contributed by atoms with E-state index in [1.807, 2.05) is 41.7 Å². The van der Waals surface area contributed by atoms with Crippen LogP contribution in [0.1, 0.15) is 87.0 Å². The molecule has 10 nitrogen and oxygen atoms in total. The number of amides is 3. The number of nitrogens with one attached hydrogen (secondary N) is 2. The maximum Gasteiger partial charge on any atom is 0.328 e. The van der Waals surface area contributed by atoms with Gasteiger partial charge in [0.15, 0.2) is 0 Å². The van der Waals surface area contributed by atoms with Gasteiger partial charge in [-0.2, -0.15) is 0 Å². The van der Waals surface area contributed by atoms with Crippen molar-refractivity contribution in [2.24, 2.45) is 11.3 Å². The highest BCUT2D eigenvalue weighted by atomic mass is 16.5. The Labute approximate surface area is 241 Å². The van der Waals surface area contributed by atoms with E-state index in [9.17, 15) is 19.2 Å². The zero-order valence-electron chi connectivity index (χ0n) is 26.6. The van der Waals surface area contributed by atoms with E-state index in [-0.39, 0.29) is 41.7 Å². The number of likely N-dealkylation sites (tertiary alicyclic amines) is 2. The average Bonchev–Trinajstić information content (AvgIpc) is 3.59. The smallest absolute Gasteiger partial charge is 0.328 e. The first-order chi connectivity index (χ1) is 18.7. The van der Waals surface area contributed by atoms with Gasteiger partial charge in [-0.05, 0) is 63.5 Å². The number of methoxy groups -OCH3 is 1. The molecule has 0 aromatic carbocycles. The van der Waals surface area contributed by atoms with E-state index < -0.39 is 23.0 Å². The molecule has 0 bridgehead atoms. The maximum absolute atomic E-state index is 14.1. The molecule has 3 amide bonds. The summed E-state index contributed by atoms with van der Waals surface area (Å²) in [7, 11) is 4.95. The van der Waals surface area contributed by atoms with E-state index in [0.717, 1.165) is 25.8 Å². The van der Waals surface area contributed by atoms with Crippen molar-refractivity contribution in [3.63, 3.8) is 0 Å². The maximum atomic E-state index is 14.1. The van der Waals surface area contributed by atoms with E-state index in [1.165, 1.54) is 7.11 Å². The van der Waals surface area contributed by atoms with Crippen LogP contribution in [-0.2, 0) is 23.9 Å². The van der Waals surface area contributed by atoms with Gasteiger partial charge in [0.1, 0.15) is 12.1 Å². The quantitative estimate of drug-likeness (QED) is 0.350. The molecular formula is C30H55N5O5. The SMILES string of the molecule is CCC(CC)(NC)C(=O)N[C@H](C(=O)N(C)[C@H](CN1CCCC1C(=O)N1CCC[C@H]1C(=O)OC)C(C)C)C(C)(C)C. The van der Waals surface area contributed by atoms with Crippen molar-refractivity contribution >= 4 is 23.7 Å². The Balaban J connectivity index is 2.25. The first-order valence-electron chi connectivity index (χ1n) is 15.1. The summed E-state index contributed by atoms with van der Waals surface area (Å²) < 4.78 is 4.95. The van der Waals surface area contributed by atoms with Crippen LogP contribution in [0.2, 0.25) is 0 Å². The molecule has 0 spiro atoms. The normalized spacial score (nSPS) is 21.8. The molecule has 0 radical (unpaired) electrons. The van der Waals surface area contributed by atoms with E-state index in [0.29, 0.717) is 32.4 Å². The lowest BCUT2D eigenvalue weighted by atomic mass is 9.83. The highest BCUT2D eigenvalue weighted by Crippen LogP contribution is 2.28. The highest BCUT2D eigenvalue weighted by molar-refractivity contribution is 5.92. The van der Waals surface area contributed by atoms with Crippen molar-refractivity contribution in [1.82, 2.24) is 25.3 Å².